The third-order valence-corrected chi connectivity index (χ3v) is 5.42. The Balaban J connectivity index is 1.58. The minimum Gasteiger partial charge on any atom is -0.347 e. The lowest BCUT2D eigenvalue weighted by Gasteiger charge is -2.37. The van der Waals surface area contributed by atoms with Crippen molar-refractivity contribution >= 4 is 17.7 Å². The second-order valence-electron chi connectivity index (χ2n) is 6.20. The average molecular weight is 359 g/mol. The normalized spacial score (nSPS) is 19.5. The Labute approximate surface area is 151 Å². The lowest BCUT2D eigenvalue weighted by Crippen LogP contribution is -2.47. The molecule has 132 valence electrons. The molecule has 2 aliphatic heterocycles. The van der Waals surface area contributed by atoms with Crippen LogP contribution in [0.3, 0.4) is 0 Å². The minimum absolute atomic E-state index is 0.00417. The van der Waals surface area contributed by atoms with Crippen molar-refractivity contribution in [1.82, 2.24) is 14.5 Å². The van der Waals surface area contributed by atoms with Crippen LogP contribution in [0.2, 0.25) is 0 Å². The van der Waals surface area contributed by atoms with Crippen LogP contribution in [0.4, 0.5) is 0 Å². The molecule has 25 heavy (non-hydrogen) atoms. The van der Waals surface area contributed by atoms with Gasteiger partial charge in [0.2, 0.25) is 0 Å². The van der Waals surface area contributed by atoms with Crippen LogP contribution in [0.25, 0.3) is 5.69 Å². The molecular weight excluding hydrogens is 338 g/mol. The summed E-state index contributed by atoms with van der Waals surface area (Å²) in [6, 6.07) is 9.87. The molecule has 0 atom stereocenters. The summed E-state index contributed by atoms with van der Waals surface area (Å²) >= 11 is 1.53. The molecule has 1 amide bonds. The summed E-state index contributed by atoms with van der Waals surface area (Å²) in [4.78, 5) is 19.4. The van der Waals surface area contributed by atoms with Crippen LogP contribution >= 0.6 is 11.8 Å². The van der Waals surface area contributed by atoms with Crippen LogP contribution < -0.4 is 0 Å². The standard InChI is InChI=1S/C18H21N3O3S/c1-25-17-19-13-15(21(17)14-5-3-2-4-6-14)16(22)20-9-7-18(8-10-20)23-11-12-24-18/h2-6,13H,7-12H2,1H3. The quantitative estimate of drug-likeness (QED) is 0.789. The van der Waals surface area contributed by atoms with Gasteiger partial charge < -0.3 is 14.4 Å². The summed E-state index contributed by atoms with van der Waals surface area (Å²) in [6.07, 6.45) is 5.07. The number of para-hydroxylation sites is 1. The van der Waals surface area contributed by atoms with E-state index < -0.39 is 5.79 Å². The molecule has 0 radical (unpaired) electrons. The highest BCUT2D eigenvalue weighted by molar-refractivity contribution is 7.98. The zero-order valence-corrected chi connectivity index (χ0v) is 15.0. The molecule has 2 aliphatic rings. The second kappa shape index (κ2) is 6.82. The Morgan fingerprint density at radius 1 is 1.16 bits per heavy atom. The summed E-state index contributed by atoms with van der Waals surface area (Å²) in [5, 5.41) is 0.811. The SMILES string of the molecule is CSc1ncc(C(=O)N2CCC3(CC2)OCCO3)n1-c1ccccc1. The largest absolute Gasteiger partial charge is 0.347 e. The van der Waals surface area contributed by atoms with E-state index in [1.807, 2.05) is 46.1 Å². The molecular formula is C18H21N3O3S. The molecule has 0 bridgehead atoms. The Morgan fingerprint density at radius 2 is 1.84 bits per heavy atom. The fourth-order valence-corrected chi connectivity index (χ4v) is 4.00. The highest BCUT2D eigenvalue weighted by Crippen LogP contribution is 2.32. The number of hydrogen-bond acceptors (Lipinski definition) is 5. The molecule has 2 aromatic rings. The van der Waals surface area contributed by atoms with Gasteiger partial charge >= 0.3 is 0 Å². The molecule has 0 aliphatic carbocycles. The van der Waals surface area contributed by atoms with Gasteiger partial charge in [0.1, 0.15) is 5.69 Å². The van der Waals surface area contributed by atoms with Gasteiger partial charge in [0.05, 0.1) is 19.4 Å². The van der Waals surface area contributed by atoms with E-state index in [2.05, 4.69) is 4.98 Å². The summed E-state index contributed by atoms with van der Waals surface area (Å²) in [6.45, 7) is 2.55. The van der Waals surface area contributed by atoms with Crippen LogP contribution in [0.1, 0.15) is 23.3 Å². The predicted octanol–water partition coefficient (Wildman–Crippen LogP) is 2.57. The Bertz CT molecular complexity index is 746. The van der Waals surface area contributed by atoms with Gasteiger partial charge in [-0.15, -0.1) is 0 Å². The molecule has 4 rings (SSSR count). The van der Waals surface area contributed by atoms with E-state index >= 15 is 0 Å². The molecule has 1 aromatic carbocycles. The van der Waals surface area contributed by atoms with Crippen molar-refractivity contribution in [2.24, 2.45) is 0 Å². The van der Waals surface area contributed by atoms with Crippen LogP contribution in [0.15, 0.2) is 41.7 Å². The Kier molecular flexibility index (Phi) is 4.54. The first-order chi connectivity index (χ1) is 12.2. The number of amides is 1. The molecule has 7 heteroatoms. The molecule has 0 unspecified atom stereocenters. The highest BCUT2D eigenvalue weighted by Gasteiger charge is 2.41. The fourth-order valence-electron chi connectivity index (χ4n) is 3.45. The number of aromatic nitrogens is 2. The lowest BCUT2D eigenvalue weighted by atomic mass is 10.0. The van der Waals surface area contributed by atoms with E-state index in [-0.39, 0.29) is 5.91 Å². The van der Waals surface area contributed by atoms with Gasteiger partial charge in [-0.2, -0.15) is 0 Å². The zero-order valence-electron chi connectivity index (χ0n) is 14.2. The summed E-state index contributed by atoms with van der Waals surface area (Å²) < 4.78 is 13.4. The van der Waals surface area contributed by atoms with Gasteiger partial charge in [0.25, 0.3) is 5.91 Å². The predicted molar refractivity (Wildman–Crippen MR) is 95.1 cm³/mol. The number of nitrogens with zero attached hydrogens (tertiary/aromatic N) is 3. The third-order valence-electron chi connectivity index (χ3n) is 4.77. The molecule has 2 fully saturated rings. The number of hydrogen-bond donors (Lipinski definition) is 0. The summed E-state index contributed by atoms with van der Waals surface area (Å²) in [5.41, 5.74) is 1.54. The van der Waals surface area contributed by atoms with Crippen molar-refractivity contribution in [2.75, 3.05) is 32.6 Å². The highest BCUT2D eigenvalue weighted by atomic mass is 32.2. The molecule has 3 heterocycles. The number of benzene rings is 1. The van der Waals surface area contributed by atoms with E-state index in [4.69, 9.17) is 9.47 Å². The van der Waals surface area contributed by atoms with Crippen LogP contribution in [0, 0.1) is 0 Å². The van der Waals surface area contributed by atoms with Crippen LogP contribution in [-0.4, -0.2) is 58.7 Å². The van der Waals surface area contributed by atoms with Crippen molar-refractivity contribution in [3.05, 3.63) is 42.2 Å². The van der Waals surface area contributed by atoms with Gasteiger partial charge in [0.15, 0.2) is 10.9 Å². The number of likely N-dealkylation sites (tertiary alicyclic amines) is 1. The number of carbonyl (C=O) groups excluding carboxylic acids is 1. The van der Waals surface area contributed by atoms with Gasteiger partial charge in [0, 0.05) is 31.6 Å². The minimum atomic E-state index is -0.471. The first kappa shape index (κ1) is 16.6. The molecule has 6 nitrogen and oxygen atoms in total. The zero-order chi connectivity index (χ0) is 17.3. The van der Waals surface area contributed by atoms with Crippen LogP contribution in [0.5, 0.6) is 0 Å². The molecule has 0 N–H and O–H groups in total. The molecule has 1 aromatic heterocycles. The van der Waals surface area contributed by atoms with Crippen molar-refractivity contribution in [1.29, 1.82) is 0 Å². The van der Waals surface area contributed by atoms with E-state index in [1.165, 1.54) is 11.8 Å². The van der Waals surface area contributed by atoms with Crippen molar-refractivity contribution in [3.8, 4) is 5.69 Å². The van der Waals surface area contributed by atoms with E-state index in [9.17, 15) is 4.79 Å². The van der Waals surface area contributed by atoms with Crippen LogP contribution in [-0.2, 0) is 9.47 Å². The number of piperidine rings is 1. The van der Waals surface area contributed by atoms with Crippen molar-refractivity contribution in [3.63, 3.8) is 0 Å². The monoisotopic (exact) mass is 359 g/mol. The fraction of sp³-hybridized carbons (Fsp3) is 0.444. The summed E-state index contributed by atoms with van der Waals surface area (Å²) in [5.74, 6) is -0.467. The number of ether oxygens (including phenoxy) is 2. The maximum Gasteiger partial charge on any atom is 0.272 e. The molecule has 1 spiro atoms. The van der Waals surface area contributed by atoms with Gasteiger partial charge in [-0.25, -0.2) is 4.98 Å². The summed E-state index contributed by atoms with van der Waals surface area (Å²) in [7, 11) is 0. The Morgan fingerprint density at radius 3 is 2.48 bits per heavy atom. The van der Waals surface area contributed by atoms with Crippen molar-refractivity contribution < 1.29 is 14.3 Å². The number of carbonyl (C=O) groups is 1. The maximum absolute atomic E-state index is 13.1. The lowest BCUT2D eigenvalue weighted by molar-refractivity contribution is -0.181. The topological polar surface area (TPSA) is 56.6 Å². The van der Waals surface area contributed by atoms with Gasteiger partial charge in [-0.1, -0.05) is 30.0 Å². The van der Waals surface area contributed by atoms with Gasteiger partial charge in [-0.3, -0.25) is 9.36 Å². The second-order valence-corrected chi connectivity index (χ2v) is 6.97. The van der Waals surface area contributed by atoms with Gasteiger partial charge in [-0.05, 0) is 18.4 Å². The third kappa shape index (κ3) is 3.07. The number of imidazole rings is 1. The first-order valence-electron chi connectivity index (χ1n) is 8.47. The Hall–Kier alpha value is -1.83. The number of thioether (sulfide) groups is 1. The van der Waals surface area contributed by atoms with Crippen molar-refractivity contribution in [2.45, 2.75) is 23.8 Å². The van der Waals surface area contributed by atoms with E-state index in [0.717, 1.165) is 10.8 Å². The first-order valence-corrected chi connectivity index (χ1v) is 9.69. The smallest absolute Gasteiger partial charge is 0.272 e. The average Bonchev–Trinajstić information content (AvgIpc) is 3.29. The van der Waals surface area contributed by atoms with E-state index in [1.54, 1.807) is 6.20 Å². The molecule has 0 saturated carbocycles. The van der Waals surface area contributed by atoms with E-state index in [0.29, 0.717) is 44.8 Å². The number of rotatable bonds is 3. The molecule has 2 saturated heterocycles. The maximum atomic E-state index is 13.1.